The topological polar surface area (TPSA) is 63.0 Å². The van der Waals surface area contributed by atoms with Crippen LogP contribution in [0.4, 0.5) is 6.01 Å². The molecule has 2 N–H and O–H groups in total. The molecule has 0 spiro atoms. The highest BCUT2D eigenvalue weighted by Crippen LogP contribution is 2.23. The van der Waals surface area contributed by atoms with E-state index in [4.69, 9.17) is 4.42 Å². The normalized spacial score (nSPS) is 18.4. The number of hydrogen-bond donors (Lipinski definition) is 2. The Labute approximate surface area is 119 Å². The largest absolute Gasteiger partial charge is 0.406 e. The zero-order chi connectivity index (χ0) is 13.5. The molecule has 0 aromatic carbocycles. The fourth-order valence-corrected chi connectivity index (χ4v) is 3.32. The van der Waals surface area contributed by atoms with Crippen LogP contribution in [0.25, 0.3) is 0 Å². The molecule has 2 heterocycles. The number of rotatable bonds is 7. The predicted octanol–water partition coefficient (Wildman–Crippen LogP) is 2.69. The third-order valence-electron chi connectivity index (χ3n) is 3.39. The summed E-state index contributed by atoms with van der Waals surface area (Å²) in [6, 6.07) is 0.674. The van der Waals surface area contributed by atoms with Crippen molar-refractivity contribution in [3.05, 3.63) is 5.89 Å². The summed E-state index contributed by atoms with van der Waals surface area (Å²) < 4.78 is 5.63. The van der Waals surface area contributed by atoms with Gasteiger partial charge >= 0.3 is 6.01 Å². The molecule has 1 saturated heterocycles. The maximum absolute atomic E-state index is 5.63. The molecule has 1 atom stereocenters. The van der Waals surface area contributed by atoms with Crippen LogP contribution in [-0.4, -0.2) is 34.8 Å². The van der Waals surface area contributed by atoms with Gasteiger partial charge in [-0.25, -0.2) is 0 Å². The van der Waals surface area contributed by atoms with E-state index in [1.807, 2.05) is 18.7 Å². The molecule has 0 saturated carbocycles. The van der Waals surface area contributed by atoms with Gasteiger partial charge in [-0.3, -0.25) is 0 Å². The van der Waals surface area contributed by atoms with Crippen LogP contribution < -0.4 is 10.6 Å². The second kappa shape index (κ2) is 7.75. The van der Waals surface area contributed by atoms with Crippen molar-refractivity contribution in [3.8, 4) is 0 Å². The first-order valence-corrected chi connectivity index (χ1v) is 8.33. The van der Waals surface area contributed by atoms with E-state index in [9.17, 15) is 0 Å². The van der Waals surface area contributed by atoms with Gasteiger partial charge in [0.25, 0.3) is 0 Å². The van der Waals surface area contributed by atoms with E-state index in [1.165, 1.54) is 24.3 Å². The Kier molecular flexibility index (Phi) is 5.97. The van der Waals surface area contributed by atoms with Gasteiger partial charge in [0.15, 0.2) is 0 Å². The van der Waals surface area contributed by atoms with Crippen molar-refractivity contribution in [1.82, 2.24) is 15.5 Å². The summed E-state index contributed by atoms with van der Waals surface area (Å²) in [5.41, 5.74) is 0. The third kappa shape index (κ3) is 4.69. The molecule has 6 heteroatoms. The van der Waals surface area contributed by atoms with Crippen LogP contribution >= 0.6 is 11.8 Å². The highest BCUT2D eigenvalue weighted by atomic mass is 32.2. The van der Waals surface area contributed by atoms with Gasteiger partial charge in [-0.15, -0.1) is 5.10 Å². The first-order chi connectivity index (χ1) is 9.29. The number of nitrogens with zero attached hydrogens (tertiary/aromatic N) is 2. The van der Waals surface area contributed by atoms with E-state index < -0.39 is 0 Å². The molecule has 1 aromatic heterocycles. The Bertz CT molecular complexity index is 365. The molecule has 1 unspecified atom stereocenters. The lowest BCUT2D eigenvalue weighted by atomic mass is 10.0. The predicted molar refractivity (Wildman–Crippen MR) is 79.5 cm³/mol. The highest BCUT2D eigenvalue weighted by molar-refractivity contribution is 7.99. The second-order valence-corrected chi connectivity index (χ2v) is 6.28. The minimum atomic E-state index is 0.120. The summed E-state index contributed by atoms with van der Waals surface area (Å²) in [6.07, 6.45) is 3.67. The number of anilines is 1. The summed E-state index contributed by atoms with van der Waals surface area (Å²) in [5, 5.41) is 14.8. The molecule has 1 aliphatic rings. The first-order valence-electron chi connectivity index (χ1n) is 7.18. The summed E-state index contributed by atoms with van der Waals surface area (Å²) in [6.45, 7) is 6.10. The van der Waals surface area contributed by atoms with Gasteiger partial charge in [-0.2, -0.15) is 11.8 Å². The van der Waals surface area contributed by atoms with Crippen LogP contribution in [0.15, 0.2) is 4.42 Å². The molecule has 2 rings (SSSR count). The molecular formula is C13H24N4OS. The molecule has 19 heavy (non-hydrogen) atoms. The fourth-order valence-electron chi connectivity index (χ4n) is 2.11. The second-order valence-electron chi connectivity index (χ2n) is 5.06. The lowest BCUT2D eigenvalue weighted by Crippen LogP contribution is -2.19. The Morgan fingerprint density at radius 2 is 2.16 bits per heavy atom. The van der Waals surface area contributed by atoms with Gasteiger partial charge in [-0.05, 0) is 50.2 Å². The molecule has 0 radical (unpaired) electrons. The minimum absolute atomic E-state index is 0.120. The van der Waals surface area contributed by atoms with Gasteiger partial charge in [0.05, 0.1) is 6.04 Å². The number of thioether (sulfide) groups is 1. The van der Waals surface area contributed by atoms with Crippen molar-refractivity contribution in [2.75, 3.05) is 29.9 Å². The number of aromatic nitrogens is 2. The van der Waals surface area contributed by atoms with E-state index in [0.29, 0.717) is 11.9 Å². The van der Waals surface area contributed by atoms with E-state index >= 15 is 0 Å². The molecule has 5 nitrogen and oxygen atoms in total. The lowest BCUT2D eigenvalue weighted by Gasteiger charge is -2.20. The van der Waals surface area contributed by atoms with Crippen LogP contribution in [0, 0.1) is 5.92 Å². The van der Waals surface area contributed by atoms with Crippen LogP contribution in [-0.2, 0) is 0 Å². The SMILES string of the molecule is CCCNC(C)c1nnc(NCC2CCSCC2)o1. The van der Waals surface area contributed by atoms with Gasteiger partial charge in [0.2, 0.25) is 5.89 Å². The van der Waals surface area contributed by atoms with E-state index in [0.717, 1.165) is 25.4 Å². The Hall–Kier alpha value is -0.750. The van der Waals surface area contributed by atoms with Crippen molar-refractivity contribution in [2.45, 2.75) is 39.2 Å². The van der Waals surface area contributed by atoms with E-state index in [2.05, 4.69) is 27.8 Å². The van der Waals surface area contributed by atoms with Crippen molar-refractivity contribution in [1.29, 1.82) is 0 Å². The standard InChI is InChI=1S/C13H24N4OS/c1-3-6-14-10(2)12-16-17-13(18-12)15-9-11-4-7-19-8-5-11/h10-11,14H,3-9H2,1-2H3,(H,15,17). The van der Waals surface area contributed by atoms with Crippen LogP contribution in [0.1, 0.15) is 45.0 Å². The third-order valence-corrected chi connectivity index (χ3v) is 4.44. The van der Waals surface area contributed by atoms with Gasteiger partial charge in [0, 0.05) is 6.54 Å². The van der Waals surface area contributed by atoms with Gasteiger partial charge in [0.1, 0.15) is 0 Å². The molecular weight excluding hydrogens is 260 g/mol. The summed E-state index contributed by atoms with van der Waals surface area (Å²) in [7, 11) is 0. The summed E-state index contributed by atoms with van der Waals surface area (Å²) in [5.74, 6) is 3.96. The quantitative estimate of drug-likeness (QED) is 0.802. The maximum Gasteiger partial charge on any atom is 0.315 e. The molecule has 1 aromatic rings. The van der Waals surface area contributed by atoms with Crippen molar-refractivity contribution >= 4 is 17.8 Å². The van der Waals surface area contributed by atoms with Crippen LogP contribution in [0.2, 0.25) is 0 Å². The Balaban J connectivity index is 1.76. The first kappa shape index (κ1) is 14.7. The Morgan fingerprint density at radius 1 is 1.37 bits per heavy atom. The molecule has 0 bridgehead atoms. The van der Waals surface area contributed by atoms with Crippen molar-refractivity contribution < 1.29 is 4.42 Å². The van der Waals surface area contributed by atoms with E-state index in [-0.39, 0.29) is 6.04 Å². The van der Waals surface area contributed by atoms with Crippen LogP contribution in [0.5, 0.6) is 0 Å². The van der Waals surface area contributed by atoms with Crippen molar-refractivity contribution in [3.63, 3.8) is 0 Å². The minimum Gasteiger partial charge on any atom is -0.406 e. The van der Waals surface area contributed by atoms with Crippen molar-refractivity contribution in [2.24, 2.45) is 5.92 Å². The number of nitrogens with one attached hydrogen (secondary N) is 2. The Morgan fingerprint density at radius 3 is 2.89 bits per heavy atom. The number of hydrogen-bond acceptors (Lipinski definition) is 6. The lowest BCUT2D eigenvalue weighted by molar-refractivity contribution is 0.419. The zero-order valence-electron chi connectivity index (χ0n) is 11.8. The fraction of sp³-hybridized carbons (Fsp3) is 0.846. The molecule has 1 fully saturated rings. The molecule has 1 aliphatic heterocycles. The summed E-state index contributed by atoms with van der Waals surface area (Å²) >= 11 is 2.05. The summed E-state index contributed by atoms with van der Waals surface area (Å²) in [4.78, 5) is 0. The average molecular weight is 284 g/mol. The highest BCUT2D eigenvalue weighted by Gasteiger charge is 2.16. The monoisotopic (exact) mass is 284 g/mol. The van der Waals surface area contributed by atoms with Crippen LogP contribution in [0.3, 0.4) is 0 Å². The molecule has 0 amide bonds. The zero-order valence-corrected chi connectivity index (χ0v) is 12.6. The molecule has 108 valence electrons. The van der Waals surface area contributed by atoms with E-state index in [1.54, 1.807) is 0 Å². The average Bonchev–Trinajstić information content (AvgIpc) is 2.92. The van der Waals surface area contributed by atoms with Gasteiger partial charge < -0.3 is 15.1 Å². The smallest absolute Gasteiger partial charge is 0.315 e. The van der Waals surface area contributed by atoms with Gasteiger partial charge in [-0.1, -0.05) is 12.0 Å². The maximum atomic E-state index is 5.63. The molecule has 0 aliphatic carbocycles.